The maximum absolute atomic E-state index is 12.0. The van der Waals surface area contributed by atoms with Gasteiger partial charge in [0.2, 0.25) is 0 Å². The van der Waals surface area contributed by atoms with Gasteiger partial charge in [0.1, 0.15) is 0 Å². The monoisotopic (exact) mass is 263 g/mol. The van der Waals surface area contributed by atoms with Crippen LogP contribution in [0, 0.1) is 13.8 Å². The predicted molar refractivity (Wildman–Crippen MR) is 70.5 cm³/mol. The number of hydrogen-bond acceptors (Lipinski definition) is 4. The number of ether oxygens (including phenoxy) is 1. The SMILES string of the molecule is Cc1ccc2c(c1C)N(CCOCCO)C(=O)C2=O. The summed E-state index contributed by atoms with van der Waals surface area (Å²) < 4.78 is 5.16. The highest BCUT2D eigenvalue weighted by Gasteiger charge is 2.36. The quantitative estimate of drug-likeness (QED) is 0.631. The van der Waals surface area contributed by atoms with Crippen LogP contribution in [0.15, 0.2) is 12.1 Å². The van der Waals surface area contributed by atoms with Crippen molar-refractivity contribution in [2.45, 2.75) is 13.8 Å². The third kappa shape index (κ3) is 2.39. The molecule has 0 aliphatic carbocycles. The molecule has 102 valence electrons. The van der Waals surface area contributed by atoms with E-state index in [0.717, 1.165) is 11.1 Å². The van der Waals surface area contributed by atoms with Gasteiger partial charge < -0.3 is 14.7 Å². The highest BCUT2D eigenvalue weighted by atomic mass is 16.5. The van der Waals surface area contributed by atoms with Crippen LogP contribution in [0.25, 0.3) is 0 Å². The van der Waals surface area contributed by atoms with Crippen LogP contribution in [0.4, 0.5) is 5.69 Å². The van der Waals surface area contributed by atoms with Crippen molar-refractivity contribution in [3.63, 3.8) is 0 Å². The van der Waals surface area contributed by atoms with Crippen LogP contribution < -0.4 is 4.90 Å². The molecule has 19 heavy (non-hydrogen) atoms. The minimum atomic E-state index is -0.503. The zero-order valence-corrected chi connectivity index (χ0v) is 11.1. The van der Waals surface area contributed by atoms with Crippen LogP contribution in [0.5, 0.6) is 0 Å². The molecular formula is C14H17NO4. The van der Waals surface area contributed by atoms with Gasteiger partial charge in [0.25, 0.3) is 11.7 Å². The Kier molecular flexibility index (Phi) is 3.97. The van der Waals surface area contributed by atoms with E-state index < -0.39 is 11.7 Å². The molecule has 0 atom stereocenters. The second-order valence-electron chi connectivity index (χ2n) is 4.53. The Hall–Kier alpha value is -1.72. The fourth-order valence-electron chi connectivity index (χ4n) is 2.21. The molecule has 5 nitrogen and oxygen atoms in total. The first-order valence-electron chi connectivity index (χ1n) is 6.23. The average Bonchev–Trinajstić information content (AvgIpc) is 2.64. The minimum Gasteiger partial charge on any atom is -0.394 e. The van der Waals surface area contributed by atoms with E-state index in [1.807, 2.05) is 19.9 Å². The molecule has 0 radical (unpaired) electrons. The van der Waals surface area contributed by atoms with Crippen LogP contribution in [-0.4, -0.2) is 43.2 Å². The van der Waals surface area contributed by atoms with Gasteiger partial charge in [0, 0.05) is 6.54 Å². The summed E-state index contributed by atoms with van der Waals surface area (Å²) in [6.07, 6.45) is 0. The van der Waals surface area contributed by atoms with Crippen LogP contribution in [0.3, 0.4) is 0 Å². The van der Waals surface area contributed by atoms with Crippen LogP contribution >= 0.6 is 0 Å². The van der Waals surface area contributed by atoms with E-state index in [0.29, 0.717) is 24.4 Å². The number of carbonyl (C=O) groups excluding carboxylic acids is 2. The van der Waals surface area contributed by atoms with Gasteiger partial charge in [-0.2, -0.15) is 0 Å². The van der Waals surface area contributed by atoms with Crippen LogP contribution in [0.1, 0.15) is 21.5 Å². The number of carbonyl (C=O) groups is 2. The molecule has 1 aliphatic heterocycles. The fraction of sp³-hybridized carbons (Fsp3) is 0.429. The van der Waals surface area contributed by atoms with Crippen molar-refractivity contribution in [1.82, 2.24) is 0 Å². The molecule has 2 rings (SSSR count). The summed E-state index contributed by atoms with van der Waals surface area (Å²) in [5.41, 5.74) is 3.15. The van der Waals surface area contributed by atoms with Gasteiger partial charge in [-0.25, -0.2) is 0 Å². The number of nitrogens with zero attached hydrogens (tertiary/aromatic N) is 1. The molecular weight excluding hydrogens is 246 g/mol. The third-order valence-electron chi connectivity index (χ3n) is 3.35. The maximum atomic E-state index is 12.0. The van der Waals surface area contributed by atoms with Crippen molar-refractivity contribution in [3.8, 4) is 0 Å². The lowest BCUT2D eigenvalue weighted by molar-refractivity contribution is -0.114. The molecule has 1 amide bonds. The zero-order chi connectivity index (χ0) is 14.0. The summed E-state index contributed by atoms with van der Waals surface area (Å²) in [5, 5.41) is 8.63. The Morgan fingerprint density at radius 3 is 2.63 bits per heavy atom. The molecule has 0 fully saturated rings. The minimum absolute atomic E-state index is 0.0540. The van der Waals surface area contributed by atoms with Crippen molar-refractivity contribution in [2.75, 3.05) is 31.3 Å². The highest BCUT2D eigenvalue weighted by molar-refractivity contribution is 6.52. The first kappa shape index (κ1) is 13.7. The Labute approximate surface area is 111 Å². The van der Waals surface area contributed by atoms with E-state index in [2.05, 4.69) is 0 Å². The smallest absolute Gasteiger partial charge is 0.299 e. The summed E-state index contributed by atoms with van der Waals surface area (Å²) in [5.74, 6) is -0.962. The number of aliphatic hydroxyl groups is 1. The largest absolute Gasteiger partial charge is 0.394 e. The van der Waals surface area contributed by atoms with Crippen molar-refractivity contribution < 1.29 is 19.4 Å². The molecule has 0 spiro atoms. The molecule has 0 aromatic heterocycles. The molecule has 1 heterocycles. The number of benzene rings is 1. The summed E-state index contributed by atoms with van der Waals surface area (Å²) in [4.78, 5) is 25.3. The van der Waals surface area contributed by atoms with Crippen molar-refractivity contribution in [2.24, 2.45) is 0 Å². The number of hydrogen-bond donors (Lipinski definition) is 1. The molecule has 0 bridgehead atoms. The maximum Gasteiger partial charge on any atom is 0.299 e. The second-order valence-corrected chi connectivity index (χ2v) is 4.53. The number of aryl methyl sites for hydroxylation is 1. The van der Waals surface area contributed by atoms with Crippen molar-refractivity contribution in [1.29, 1.82) is 0 Å². The summed E-state index contributed by atoms with van der Waals surface area (Å²) >= 11 is 0. The number of ketones is 1. The fourth-order valence-corrected chi connectivity index (χ4v) is 2.21. The summed E-state index contributed by atoms with van der Waals surface area (Å²) in [6, 6.07) is 3.55. The highest BCUT2D eigenvalue weighted by Crippen LogP contribution is 2.33. The Bertz CT molecular complexity index is 524. The topological polar surface area (TPSA) is 66.8 Å². The van der Waals surface area contributed by atoms with E-state index in [1.54, 1.807) is 6.07 Å². The second kappa shape index (κ2) is 5.50. The number of fused-ring (bicyclic) bond motifs is 1. The van der Waals surface area contributed by atoms with Crippen molar-refractivity contribution in [3.05, 3.63) is 28.8 Å². The van der Waals surface area contributed by atoms with Crippen LogP contribution in [0.2, 0.25) is 0 Å². The normalized spacial score (nSPS) is 14.2. The van der Waals surface area contributed by atoms with Gasteiger partial charge in [0.15, 0.2) is 0 Å². The van der Waals surface area contributed by atoms with Gasteiger partial charge in [-0.15, -0.1) is 0 Å². The van der Waals surface area contributed by atoms with Gasteiger partial charge in [-0.1, -0.05) is 6.07 Å². The van der Waals surface area contributed by atoms with E-state index in [4.69, 9.17) is 9.84 Å². The molecule has 1 aromatic rings. The lowest BCUT2D eigenvalue weighted by Gasteiger charge is -2.19. The Morgan fingerprint density at radius 1 is 1.21 bits per heavy atom. The van der Waals surface area contributed by atoms with Gasteiger partial charge >= 0.3 is 0 Å². The number of rotatable bonds is 5. The van der Waals surface area contributed by atoms with E-state index >= 15 is 0 Å². The summed E-state index contributed by atoms with van der Waals surface area (Å²) in [7, 11) is 0. The molecule has 1 aromatic carbocycles. The van der Waals surface area contributed by atoms with E-state index in [9.17, 15) is 9.59 Å². The molecule has 5 heteroatoms. The molecule has 1 aliphatic rings. The van der Waals surface area contributed by atoms with Gasteiger partial charge in [-0.05, 0) is 31.0 Å². The molecule has 0 saturated heterocycles. The molecule has 0 saturated carbocycles. The lowest BCUT2D eigenvalue weighted by Crippen LogP contribution is -2.33. The third-order valence-corrected chi connectivity index (χ3v) is 3.35. The average molecular weight is 263 g/mol. The molecule has 0 unspecified atom stereocenters. The number of Topliss-reactive ketones (excluding diaryl/α,β-unsaturated/α-hetero) is 1. The number of amides is 1. The van der Waals surface area contributed by atoms with E-state index in [-0.39, 0.29) is 13.2 Å². The van der Waals surface area contributed by atoms with E-state index in [1.165, 1.54) is 4.90 Å². The predicted octanol–water partition coefficient (Wildman–Crippen LogP) is 0.842. The first-order chi connectivity index (χ1) is 9.07. The van der Waals surface area contributed by atoms with Gasteiger partial charge in [0.05, 0.1) is 31.1 Å². The van der Waals surface area contributed by atoms with Gasteiger partial charge in [-0.3, -0.25) is 9.59 Å². The standard InChI is InChI=1S/C14H17NO4/c1-9-3-4-11-12(10(9)2)15(14(18)13(11)17)5-7-19-8-6-16/h3-4,16H,5-8H2,1-2H3. The van der Waals surface area contributed by atoms with Crippen LogP contribution in [-0.2, 0) is 9.53 Å². The van der Waals surface area contributed by atoms with Crippen molar-refractivity contribution >= 4 is 17.4 Å². The zero-order valence-electron chi connectivity index (χ0n) is 11.1. The number of anilines is 1. The first-order valence-corrected chi connectivity index (χ1v) is 6.23. The Morgan fingerprint density at radius 2 is 1.95 bits per heavy atom. The number of aliphatic hydroxyl groups excluding tert-OH is 1. The lowest BCUT2D eigenvalue weighted by atomic mass is 10.0. The Balaban J connectivity index is 2.25. The molecule has 1 N–H and O–H groups in total. The summed E-state index contributed by atoms with van der Waals surface area (Å²) in [6.45, 7) is 4.65.